The van der Waals surface area contributed by atoms with E-state index in [4.69, 9.17) is 23.2 Å². The number of carbonyl (C=O) groups excluding carboxylic acids is 1. The molecule has 1 N–H and O–H groups in total. The molecular formula is C21H26Cl2N2O3S. The first-order chi connectivity index (χ1) is 13.5. The monoisotopic (exact) mass is 456 g/mol. The van der Waals surface area contributed by atoms with Crippen LogP contribution in [-0.4, -0.2) is 31.7 Å². The number of rotatable bonds is 8. The lowest BCUT2D eigenvalue weighted by atomic mass is 10.2. The number of hydrogen-bond donors (Lipinski definition) is 1. The maximum Gasteiger partial charge on any atom is 0.257 e. The van der Waals surface area contributed by atoms with Gasteiger partial charge in [-0.05, 0) is 54.3 Å². The molecule has 0 radical (unpaired) electrons. The normalized spacial score (nSPS) is 12.0. The topological polar surface area (TPSA) is 66.5 Å². The van der Waals surface area contributed by atoms with E-state index in [1.54, 1.807) is 18.2 Å². The number of nitrogens with zero attached hydrogens (tertiary/aromatic N) is 1. The van der Waals surface area contributed by atoms with Crippen LogP contribution in [0.5, 0.6) is 0 Å². The summed E-state index contributed by atoms with van der Waals surface area (Å²) < 4.78 is 27.6. The molecule has 0 heterocycles. The van der Waals surface area contributed by atoms with E-state index in [0.717, 1.165) is 0 Å². The predicted octanol–water partition coefficient (Wildman–Crippen LogP) is 5.55. The summed E-state index contributed by atoms with van der Waals surface area (Å²) in [5.74, 6) is 0.0286. The quantitative estimate of drug-likeness (QED) is 0.565. The third-order valence-corrected chi connectivity index (χ3v) is 6.46. The third kappa shape index (κ3) is 6.44. The van der Waals surface area contributed by atoms with Gasteiger partial charge in [0.05, 0.1) is 15.5 Å². The Morgan fingerprint density at radius 2 is 1.52 bits per heavy atom. The maximum absolute atomic E-state index is 13.0. The van der Waals surface area contributed by atoms with Crippen molar-refractivity contribution in [3.05, 3.63) is 58.1 Å². The first-order valence-electron chi connectivity index (χ1n) is 9.37. The number of amides is 1. The highest BCUT2D eigenvalue weighted by Gasteiger charge is 2.26. The predicted molar refractivity (Wildman–Crippen MR) is 119 cm³/mol. The molecule has 2 aromatic carbocycles. The van der Waals surface area contributed by atoms with E-state index in [0.29, 0.717) is 23.8 Å². The average Bonchev–Trinajstić information content (AvgIpc) is 2.60. The second kappa shape index (κ2) is 9.94. The highest BCUT2D eigenvalue weighted by atomic mass is 35.5. The fraction of sp³-hybridized carbons (Fsp3) is 0.381. The van der Waals surface area contributed by atoms with Crippen molar-refractivity contribution >= 4 is 44.8 Å². The van der Waals surface area contributed by atoms with Gasteiger partial charge in [0.2, 0.25) is 10.0 Å². The first-order valence-corrected chi connectivity index (χ1v) is 11.6. The molecule has 8 heteroatoms. The number of anilines is 1. The summed E-state index contributed by atoms with van der Waals surface area (Å²) in [5.41, 5.74) is 0.757. The number of benzene rings is 2. The van der Waals surface area contributed by atoms with Crippen LogP contribution in [0.15, 0.2) is 47.4 Å². The van der Waals surface area contributed by atoms with E-state index >= 15 is 0 Å². The minimum absolute atomic E-state index is 0.196. The maximum atomic E-state index is 13.0. The van der Waals surface area contributed by atoms with Gasteiger partial charge in [-0.15, -0.1) is 0 Å². The second-order valence-corrected chi connectivity index (χ2v) is 10.5. The summed E-state index contributed by atoms with van der Waals surface area (Å²) >= 11 is 11.9. The molecule has 0 spiro atoms. The van der Waals surface area contributed by atoms with Gasteiger partial charge in [-0.2, -0.15) is 4.31 Å². The Morgan fingerprint density at radius 1 is 0.966 bits per heavy atom. The van der Waals surface area contributed by atoms with Crippen LogP contribution in [0.4, 0.5) is 5.69 Å². The molecule has 0 bridgehead atoms. The zero-order valence-corrected chi connectivity index (χ0v) is 19.3. The Hall–Kier alpha value is -1.60. The van der Waals surface area contributed by atoms with Gasteiger partial charge in [-0.3, -0.25) is 4.79 Å². The lowest BCUT2D eigenvalue weighted by Gasteiger charge is -2.25. The molecule has 1 amide bonds. The second-order valence-electron chi connectivity index (χ2n) is 7.71. The smallest absolute Gasteiger partial charge is 0.257 e. The number of nitrogens with one attached hydrogen (secondary N) is 1. The number of carbonyl (C=O) groups is 1. The Morgan fingerprint density at radius 3 is 2.00 bits per heavy atom. The molecular weight excluding hydrogens is 431 g/mol. The van der Waals surface area contributed by atoms with Crippen molar-refractivity contribution in [3.63, 3.8) is 0 Å². The molecule has 2 aromatic rings. The third-order valence-electron chi connectivity index (χ3n) is 4.06. The molecule has 0 saturated carbocycles. The van der Waals surface area contributed by atoms with Crippen LogP contribution in [0.25, 0.3) is 0 Å². The lowest BCUT2D eigenvalue weighted by molar-refractivity contribution is 0.102. The van der Waals surface area contributed by atoms with Gasteiger partial charge in [0.25, 0.3) is 5.91 Å². The van der Waals surface area contributed by atoms with E-state index in [1.165, 1.54) is 28.6 Å². The summed E-state index contributed by atoms with van der Waals surface area (Å²) in [4.78, 5) is 12.6. The Kier molecular flexibility index (Phi) is 8.11. The molecule has 0 aliphatic rings. The van der Waals surface area contributed by atoms with Crippen molar-refractivity contribution in [2.24, 2.45) is 11.8 Å². The largest absolute Gasteiger partial charge is 0.322 e. The van der Waals surface area contributed by atoms with Gasteiger partial charge < -0.3 is 5.32 Å². The highest BCUT2D eigenvalue weighted by molar-refractivity contribution is 7.89. The van der Waals surface area contributed by atoms with Crippen molar-refractivity contribution in [2.45, 2.75) is 32.6 Å². The van der Waals surface area contributed by atoms with Gasteiger partial charge in [0.1, 0.15) is 0 Å². The molecule has 0 aliphatic carbocycles. The number of halogens is 2. The van der Waals surface area contributed by atoms with Gasteiger partial charge in [0, 0.05) is 23.8 Å². The summed E-state index contributed by atoms with van der Waals surface area (Å²) in [6, 6.07) is 10.7. The van der Waals surface area contributed by atoms with E-state index < -0.39 is 15.9 Å². The molecule has 2 rings (SSSR count). The molecule has 0 aromatic heterocycles. The van der Waals surface area contributed by atoms with Crippen LogP contribution >= 0.6 is 23.2 Å². The Labute approximate surface area is 183 Å². The molecule has 29 heavy (non-hydrogen) atoms. The zero-order valence-electron chi connectivity index (χ0n) is 16.9. The molecule has 0 fully saturated rings. The van der Waals surface area contributed by atoms with Crippen molar-refractivity contribution in [1.82, 2.24) is 4.31 Å². The molecule has 0 unspecified atom stereocenters. The van der Waals surface area contributed by atoms with Crippen molar-refractivity contribution < 1.29 is 13.2 Å². The van der Waals surface area contributed by atoms with Crippen molar-refractivity contribution in [2.75, 3.05) is 18.4 Å². The number of sulfonamides is 1. The Bertz CT molecular complexity index is 948. The standard InChI is InChI=1S/C21H26Cl2N2O3S/c1-14(2)12-25(13-15(3)4)29(27,28)18-8-6-17(7-9-18)24-21(26)19-10-5-16(22)11-20(19)23/h5-11,14-15H,12-13H2,1-4H3,(H,24,26). The van der Waals surface area contributed by atoms with Crippen LogP contribution in [-0.2, 0) is 10.0 Å². The van der Waals surface area contributed by atoms with Crippen LogP contribution in [0.1, 0.15) is 38.1 Å². The van der Waals surface area contributed by atoms with E-state index in [1.807, 2.05) is 27.7 Å². The van der Waals surface area contributed by atoms with Crippen LogP contribution in [0, 0.1) is 11.8 Å². The van der Waals surface area contributed by atoms with Crippen molar-refractivity contribution in [3.8, 4) is 0 Å². The minimum atomic E-state index is -3.62. The van der Waals surface area contributed by atoms with Crippen molar-refractivity contribution in [1.29, 1.82) is 0 Å². The fourth-order valence-corrected chi connectivity index (χ4v) is 5.08. The molecule has 0 saturated heterocycles. The fourth-order valence-electron chi connectivity index (χ4n) is 2.82. The number of hydrogen-bond acceptors (Lipinski definition) is 3. The van der Waals surface area contributed by atoms with Gasteiger partial charge in [0.15, 0.2) is 0 Å². The van der Waals surface area contributed by atoms with Crippen LogP contribution in [0.3, 0.4) is 0 Å². The van der Waals surface area contributed by atoms with E-state index in [9.17, 15) is 13.2 Å². The summed E-state index contributed by atoms with van der Waals surface area (Å²) in [6.45, 7) is 8.86. The molecule has 0 aliphatic heterocycles. The van der Waals surface area contributed by atoms with E-state index in [2.05, 4.69) is 5.32 Å². The van der Waals surface area contributed by atoms with Crippen LogP contribution < -0.4 is 5.32 Å². The van der Waals surface area contributed by atoms with E-state index in [-0.39, 0.29) is 27.3 Å². The first kappa shape index (κ1) is 23.7. The van der Waals surface area contributed by atoms with Gasteiger partial charge in [-0.25, -0.2) is 8.42 Å². The molecule has 0 atom stereocenters. The zero-order chi connectivity index (χ0) is 21.8. The highest BCUT2D eigenvalue weighted by Crippen LogP contribution is 2.24. The van der Waals surface area contributed by atoms with Gasteiger partial charge in [-0.1, -0.05) is 50.9 Å². The summed E-state index contributed by atoms with van der Waals surface area (Å²) in [5, 5.41) is 3.40. The lowest BCUT2D eigenvalue weighted by Crippen LogP contribution is -2.37. The SMILES string of the molecule is CC(C)CN(CC(C)C)S(=O)(=O)c1ccc(NC(=O)c2ccc(Cl)cc2Cl)cc1. The summed E-state index contributed by atoms with van der Waals surface area (Å²) in [6.07, 6.45) is 0. The summed E-state index contributed by atoms with van der Waals surface area (Å²) in [7, 11) is -3.62. The average molecular weight is 457 g/mol. The molecule has 5 nitrogen and oxygen atoms in total. The van der Waals surface area contributed by atoms with Crippen LogP contribution in [0.2, 0.25) is 10.0 Å². The molecule has 158 valence electrons. The minimum Gasteiger partial charge on any atom is -0.322 e. The van der Waals surface area contributed by atoms with Gasteiger partial charge >= 0.3 is 0 Å². The Balaban J connectivity index is 2.20.